The highest BCUT2D eigenvalue weighted by Gasteiger charge is 2.30. The van der Waals surface area contributed by atoms with E-state index in [2.05, 4.69) is 5.32 Å². The lowest BCUT2D eigenvalue weighted by molar-refractivity contribution is -0.120. The molecule has 0 bridgehead atoms. The lowest BCUT2D eigenvalue weighted by Crippen LogP contribution is -2.40. The zero-order chi connectivity index (χ0) is 20.1. The molecular weight excluding hydrogens is 386 g/mol. The first-order valence-electron chi connectivity index (χ1n) is 8.84. The maximum atomic E-state index is 13.2. The van der Waals surface area contributed by atoms with E-state index in [1.165, 1.54) is 21.9 Å². The first-order valence-corrected chi connectivity index (χ1v) is 10.3. The van der Waals surface area contributed by atoms with E-state index >= 15 is 0 Å². The van der Waals surface area contributed by atoms with Crippen molar-refractivity contribution in [3.05, 3.63) is 71.1 Å². The molecule has 0 aromatic heterocycles. The number of hydrogen-bond acceptors (Lipinski definition) is 3. The highest BCUT2D eigenvalue weighted by atomic mass is 32.2. The van der Waals surface area contributed by atoms with Gasteiger partial charge in [-0.2, -0.15) is 4.31 Å². The zero-order valence-corrected chi connectivity index (χ0v) is 15.8. The van der Waals surface area contributed by atoms with E-state index in [0.29, 0.717) is 12.8 Å². The van der Waals surface area contributed by atoms with Gasteiger partial charge in [0.25, 0.3) is 0 Å². The number of halogens is 2. The molecule has 0 atom stereocenters. The second kappa shape index (κ2) is 8.62. The second-order valence-corrected chi connectivity index (χ2v) is 8.37. The van der Waals surface area contributed by atoms with Crippen LogP contribution in [0.2, 0.25) is 0 Å². The summed E-state index contributed by atoms with van der Waals surface area (Å²) in [5.74, 6) is -2.75. The summed E-state index contributed by atoms with van der Waals surface area (Å²) in [5, 5.41) is 3.72. The number of sulfonamides is 1. The largest absolute Gasteiger partial charge is 0.326 e. The minimum Gasteiger partial charge on any atom is -0.326 e. The lowest BCUT2D eigenvalue weighted by Gasteiger charge is -2.29. The fraction of sp³-hybridized carbons (Fsp3) is 0.250. The Balaban J connectivity index is 1.56. The molecular formula is C20H20F2N2O3S. The van der Waals surface area contributed by atoms with Gasteiger partial charge in [-0.15, -0.1) is 0 Å². The topological polar surface area (TPSA) is 66.5 Å². The smallest absolute Gasteiger partial charge is 0.236 e. The summed E-state index contributed by atoms with van der Waals surface area (Å²) in [7, 11) is -3.57. The Morgan fingerprint density at radius 2 is 1.71 bits per heavy atom. The number of anilines is 1. The molecule has 0 spiro atoms. The van der Waals surface area contributed by atoms with Gasteiger partial charge in [0.1, 0.15) is 0 Å². The van der Waals surface area contributed by atoms with Crippen molar-refractivity contribution in [3.8, 4) is 0 Å². The monoisotopic (exact) mass is 406 g/mol. The Bertz CT molecular complexity index is 970. The summed E-state index contributed by atoms with van der Waals surface area (Å²) in [6, 6.07) is 12.3. The summed E-state index contributed by atoms with van der Waals surface area (Å²) in [4.78, 5) is 12.3. The number of piperidine rings is 1. The van der Waals surface area contributed by atoms with Crippen molar-refractivity contribution in [1.82, 2.24) is 4.31 Å². The summed E-state index contributed by atoms with van der Waals surface area (Å²) in [6.45, 7) is 0.439. The van der Waals surface area contributed by atoms with Gasteiger partial charge in [0.05, 0.1) is 0 Å². The Morgan fingerprint density at radius 3 is 2.36 bits per heavy atom. The molecule has 1 saturated heterocycles. The number of carbonyl (C=O) groups is 1. The van der Waals surface area contributed by atoms with Crippen molar-refractivity contribution >= 4 is 27.7 Å². The van der Waals surface area contributed by atoms with Crippen LogP contribution in [0.3, 0.4) is 0 Å². The normalized spacial score (nSPS) is 16.4. The molecule has 0 radical (unpaired) electrons. The molecule has 1 aliphatic heterocycles. The third kappa shape index (κ3) is 5.02. The Hall–Kier alpha value is -2.58. The van der Waals surface area contributed by atoms with Crippen LogP contribution in [0, 0.1) is 17.6 Å². The molecule has 0 unspecified atom stereocenters. The Morgan fingerprint density at radius 1 is 1.04 bits per heavy atom. The molecule has 5 nitrogen and oxygen atoms in total. The number of hydrogen-bond donors (Lipinski definition) is 1. The maximum Gasteiger partial charge on any atom is 0.236 e. The molecule has 2 aromatic rings. The van der Waals surface area contributed by atoms with Crippen LogP contribution < -0.4 is 5.32 Å². The van der Waals surface area contributed by atoms with Crippen molar-refractivity contribution in [3.63, 3.8) is 0 Å². The third-order valence-corrected chi connectivity index (χ3v) is 6.17. The van der Waals surface area contributed by atoms with Gasteiger partial charge in [0.15, 0.2) is 11.6 Å². The average molecular weight is 406 g/mol. The highest BCUT2D eigenvalue weighted by Crippen LogP contribution is 2.23. The van der Waals surface area contributed by atoms with Crippen LogP contribution in [0.4, 0.5) is 14.5 Å². The first kappa shape index (κ1) is 20.2. The van der Waals surface area contributed by atoms with Crippen molar-refractivity contribution in [2.24, 2.45) is 5.92 Å². The van der Waals surface area contributed by atoms with Crippen molar-refractivity contribution in [1.29, 1.82) is 0 Å². The van der Waals surface area contributed by atoms with Crippen LogP contribution in [-0.4, -0.2) is 31.7 Å². The van der Waals surface area contributed by atoms with E-state index in [1.54, 1.807) is 12.1 Å². The van der Waals surface area contributed by atoms with Crippen LogP contribution in [0.1, 0.15) is 18.4 Å². The van der Waals surface area contributed by atoms with E-state index in [0.717, 1.165) is 17.7 Å². The van der Waals surface area contributed by atoms with Gasteiger partial charge in [-0.1, -0.05) is 30.3 Å². The molecule has 3 rings (SSSR count). The molecule has 1 heterocycles. The molecule has 1 N–H and O–H groups in total. The summed E-state index contributed by atoms with van der Waals surface area (Å²) < 4.78 is 52.5. The average Bonchev–Trinajstić information content (AvgIpc) is 2.70. The number of nitrogens with one attached hydrogen (secondary N) is 1. The van der Waals surface area contributed by atoms with Crippen molar-refractivity contribution < 1.29 is 22.0 Å². The van der Waals surface area contributed by atoms with Crippen LogP contribution >= 0.6 is 0 Å². The minimum atomic E-state index is -3.57. The van der Waals surface area contributed by atoms with Crippen LogP contribution in [-0.2, 0) is 14.8 Å². The van der Waals surface area contributed by atoms with Gasteiger partial charge in [-0.05, 0) is 36.6 Å². The molecule has 28 heavy (non-hydrogen) atoms. The lowest BCUT2D eigenvalue weighted by atomic mass is 9.97. The molecule has 8 heteroatoms. The Kier molecular flexibility index (Phi) is 6.21. The molecule has 0 saturated carbocycles. The van der Waals surface area contributed by atoms with E-state index in [4.69, 9.17) is 0 Å². The van der Waals surface area contributed by atoms with Gasteiger partial charge < -0.3 is 5.32 Å². The summed E-state index contributed by atoms with van der Waals surface area (Å²) in [5.41, 5.74) is 0.955. The van der Waals surface area contributed by atoms with Crippen molar-refractivity contribution in [2.45, 2.75) is 12.8 Å². The number of carbonyl (C=O) groups excluding carboxylic acids is 1. The molecule has 2 aromatic carbocycles. The molecule has 1 aliphatic rings. The van der Waals surface area contributed by atoms with Gasteiger partial charge in [-0.3, -0.25) is 4.79 Å². The van der Waals surface area contributed by atoms with Gasteiger partial charge in [-0.25, -0.2) is 17.2 Å². The molecule has 1 fully saturated rings. The minimum absolute atomic E-state index is 0.171. The van der Waals surface area contributed by atoms with E-state index in [9.17, 15) is 22.0 Å². The fourth-order valence-corrected chi connectivity index (χ4v) is 4.23. The van der Waals surface area contributed by atoms with Gasteiger partial charge in [0.2, 0.25) is 15.9 Å². The highest BCUT2D eigenvalue weighted by molar-refractivity contribution is 7.92. The SMILES string of the molecule is O=C(Nc1ccc(F)c(F)c1)C1CCN(S(=O)(=O)/C=C/c2ccccc2)CC1. The summed E-state index contributed by atoms with van der Waals surface area (Å²) >= 11 is 0. The van der Waals surface area contributed by atoms with Crippen LogP contribution in [0.15, 0.2) is 53.9 Å². The second-order valence-electron chi connectivity index (χ2n) is 6.55. The third-order valence-electron chi connectivity index (χ3n) is 4.60. The van der Waals surface area contributed by atoms with Gasteiger partial charge >= 0.3 is 0 Å². The standard InChI is InChI=1S/C20H20F2N2O3S/c21-18-7-6-17(14-19(18)22)23-20(25)16-8-11-24(12-9-16)28(26,27)13-10-15-4-2-1-3-5-15/h1-7,10,13-14,16H,8-9,11-12H2,(H,23,25)/b13-10+. The van der Waals surface area contributed by atoms with E-state index < -0.39 is 27.6 Å². The van der Waals surface area contributed by atoms with Crippen LogP contribution in [0.5, 0.6) is 0 Å². The van der Waals surface area contributed by atoms with Gasteiger partial charge in [0, 0.05) is 36.2 Å². The quantitative estimate of drug-likeness (QED) is 0.825. The molecule has 148 valence electrons. The fourth-order valence-electron chi connectivity index (χ4n) is 3.01. The molecule has 1 amide bonds. The first-order chi connectivity index (χ1) is 13.3. The van der Waals surface area contributed by atoms with Crippen LogP contribution in [0.25, 0.3) is 6.08 Å². The number of benzene rings is 2. The van der Waals surface area contributed by atoms with E-state index in [1.807, 2.05) is 18.2 Å². The van der Waals surface area contributed by atoms with E-state index in [-0.39, 0.29) is 24.7 Å². The molecule has 0 aliphatic carbocycles. The summed E-state index contributed by atoms with van der Waals surface area (Å²) in [6.07, 6.45) is 2.25. The maximum absolute atomic E-state index is 13.2. The zero-order valence-electron chi connectivity index (χ0n) is 15.0. The number of nitrogens with zero attached hydrogens (tertiary/aromatic N) is 1. The predicted molar refractivity (Wildman–Crippen MR) is 104 cm³/mol. The van der Waals surface area contributed by atoms with Crippen molar-refractivity contribution in [2.75, 3.05) is 18.4 Å². The number of amides is 1. The predicted octanol–water partition coefficient (Wildman–Crippen LogP) is 3.62. The Labute approximate surface area is 162 Å². The number of rotatable bonds is 5.